The molecule has 152 valence electrons. The molecule has 1 aromatic heterocycles. The fraction of sp³-hybridized carbons (Fsp3) is 0.421. The van der Waals surface area contributed by atoms with Gasteiger partial charge in [-0.25, -0.2) is 9.59 Å². The molecule has 1 heterocycles. The van der Waals surface area contributed by atoms with Gasteiger partial charge in [0.1, 0.15) is 16.9 Å². The topological polar surface area (TPSA) is 103 Å². The van der Waals surface area contributed by atoms with Crippen LogP contribution >= 0.6 is 11.3 Å². The van der Waals surface area contributed by atoms with Gasteiger partial charge in [0.05, 0.1) is 24.5 Å². The fourth-order valence-electron chi connectivity index (χ4n) is 2.47. The van der Waals surface area contributed by atoms with Crippen LogP contribution in [0.25, 0.3) is 10.2 Å². The van der Waals surface area contributed by atoms with Gasteiger partial charge in [-0.1, -0.05) is 23.5 Å². The van der Waals surface area contributed by atoms with Gasteiger partial charge in [-0.2, -0.15) is 0 Å². The standard InChI is InChI=1S/C19H25N3O5S/c1-19(2,3)27-18(24)21-8-6-7-9-22-15-13(25-4)10-12(16(23)26-5)11-14(15)28-17(22)20/h6-7,10-11,20H,8-9H2,1-5H3,(H,21,24)/b7-6+,20-17?. The third kappa shape index (κ3) is 5.35. The van der Waals surface area contributed by atoms with Crippen molar-refractivity contribution in [3.8, 4) is 5.75 Å². The van der Waals surface area contributed by atoms with Gasteiger partial charge in [0.2, 0.25) is 0 Å². The number of fused-ring (bicyclic) bond motifs is 1. The van der Waals surface area contributed by atoms with Crippen molar-refractivity contribution >= 4 is 33.6 Å². The van der Waals surface area contributed by atoms with Gasteiger partial charge < -0.3 is 24.1 Å². The number of thiazole rings is 1. The van der Waals surface area contributed by atoms with Crippen LogP contribution in [0.2, 0.25) is 0 Å². The van der Waals surface area contributed by atoms with Gasteiger partial charge in [0.15, 0.2) is 4.80 Å². The van der Waals surface area contributed by atoms with E-state index in [-0.39, 0.29) is 0 Å². The summed E-state index contributed by atoms with van der Waals surface area (Å²) in [6, 6.07) is 3.29. The van der Waals surface area contributed by atoms with E-state index in [1.165, 1.54) is 25.6 Å². The Bertz CT molecular complexity index is 953. The highest BCUT2D eigenvalue weighted by Crippen LogP contribution is 2.29. The van der Waals surface area contributed by atoms with E-state index in [2.05, 4.69) is 5.32 Å². The maximum absolute atomic E-state index is 11.8. The number of nitrogens with one attached hydrogen (secondary N) is 2. The third-order valence-corrected chi connectivity index (χ3v) is 4.57. The molecule has 0 fully saturated rings. The van der Waals surface area contributed by atoms with Crippen molar-refractivity contribution in [1.29, 1.82) is 5.41 Å². The maximum Gasteiger partial charge on any atom is 0.407 e. The summed E-state index contributed by atoms with van der Waals surface area (Å²) in [5.41, 5.74) is 0.561. The molecule has 0 unspecified atom stereocenters. The molecule has 0 radical (unpaired) electrons. The Morgan fingerprint density at radius 2 is 1.96 bits per heavy atom. The number of methoxy groups -OCH3 is 2. The highest BCUT2D eigenvalue weighted by Gasteiger charge is 2.16. The number of nitrogens with zero attached hydrogens (tertiary/aromatic N) is 1. The van der Waals surface area contributed by atoms with E-state index in [1.54, 1.807) is 43.5 Å². The molecule has 0 atom stereocenters. The van der Waals surface area contributed by atoms with Gasteiger partial charge in [-0.15, -0.1) is 0 Å². The Morgan fingerprint density at radius 3 is 2.57 bits per heavy atom. The minimum absolute atomic E-state index is 0.314. The summed E-state index contributed by atoms with van der Waals surface area (Å²) in [5, 5.41) is 10.9. The number of carbonyl (C=O) groups excluding carboxylic acids is 2. The second-order valence-corrected chi connectivity index (χ2v) is 7.92. The second kappa shape index (κ2) is 8.92. The van der Waals surface area contributed by atoms with E-state index in [4.69, 9.17) is 19.6 Å². The zero-order chi connectivity index (χ0) is 20.9. The summed E-state index contributed by atoms with van der Waals surface area (Å²) in [6.07, 6.45) is 3.15. The first-order valence-electron chi connectivity index (χ1n) is 8.62. The summed E-state index contributed by atoms with van der Waals surface area (Å²) in [7, 11) is 2.84. The molecule has 8 nitrogen and oxygen atoms in total. The number of carbonyl (C=O) groups is 2. The molecule has 9 heteroatoms. The second-order valence-electron chi connectivity index (χ2n) is 6.89. The van der Waals surface area contributed by atoms with Gasteiger partial charge in [0, 0.05) is 13.1 Å². The lowest BCUT2D eigenvalue weighted by Gasteiger charge is -2.19. The first kappa shape index (κ1) is 21.5. The molecule has 28 heavy (non-hydrogen) atoms. The predicted molar refractivity (Wildman–Crippen MR) is 107 cm³/mol. The molecule has 2 N–H and O–H groups in total. The average molecular weight is 407 g/mol. The van der Waals surface area contributed by atoms with Gasteiger partial charge in [-0.3, -0.25) is 5.41 Å². The smallest absolute Gasteiger partial charge is 0.407 e. The number of hydrogen-bond acceptors (Lipinski definition) is 7. The first-order chi connectivity index (χ1) is 13.2. The van der Waals surface area contributed by atoms with E-state index >= 15 is 0 Å². The molecule has 0 spiro atoms. The summed E-state index contributed by atoms with van der Waals surface area (Å²) < 4.78 is 17.9. The molecule has 0 saturated heterocycles. The number of ether oxygens (including phenoxy) is 3. The summed E-state index contributed by atoms with van der Waals surface area (Å²) in [6.45, 7) is 6.14. The highest BCUT2D eigenvalue weighted by atomic mass is 32.1. The number of aromatic nitrogens is 1. The lowest BCUT2D eigenvalue weighted by Crippen LogP contribution is -2.32. The van der Waals surface area contributed by atoms with Gasteiger partial charge in [-0.05, 0) is 32.9 Å². The van der Waals surface area contributed by atoms with Crippen LogP contribution in [-0.4, -0.2) is 43.0 Å². The number of hydrogen-bond donors (Lipinski definition) is 2. The van der Waals surface area contributed by atoms with Crippen LogP contribution in [0.1, 0.15) is 31.1 Å². The molecule has 0 saturated carbocycles. The van der Waals surface area contributed by atoms with E-state index < -0.39 is 17.7 Å². The molecule has 0 bridgehead atoms. The minimum Gasteiger partial charge on any atom is -0.494 e. The van der Waals surface area contributed by atoms with Crippen molar-refractivity contribution in [1.82, 2.24) is 9.88 Å². The average Bonchev–Trinajstić information content (AvgIpc) is 2.93. The molecular weight excluding hydrogens is 382 g/mol. The molecule has 2 rings (SSSR count). The normalized spacial score (nSPS) is 11.6. The molecule has 0 aliphatic rings. The Morgan fingerprint density at radius 1 is 1.25 bits per heavy atom. The molecule has 0 aliphatic carbocycles. The summed E-state index contributed by atoms with van der Waals surface area (Å²) >= 11 is 1.24. The number of rotatable bonds is 6. The Kier molecular flexibility index (Phi) is 6.85. The number of alkyl carbamates (subject to hydrolysis) is 1. The van der Waals surface area contributed by atoms with Crippen molar-refractivity contribution < 1.29 is 23.8 Å². The van der Waals surface area contributed by atoms with Crippen molar-refractivity contribution in [3.63, 3.8) is 0 Å². The van der Waals surface area contributed by atoms with Crippen molar-refractivity contribution in [2.24, 2.45) is 0 Å². The van der Waals surface area contributed by atoms with Crippen molar-refractivity contribution in [2.45, 2.75) is 32.9 Å². The lowest BCUT2D eigenvalue weighted by molar-refractivity contribution is 0.0532. The Labute approximate surface area is 167 Å². The quantitative estimate of drug-likeness (QED) is 0.566. The van der Waals surface area contributed by atoms with Crippen molar-refractivity contribution in [3.05, 3.63) is 34.6 Å². The van der Waals surface area contributed by atoms with Crippen LogP contribution in [0.4, 0.5) is 4.79 Å². The maximum atomic E-state index is 11.8. The van der Waals surface area contributed by atoms with E-state index in [0.717, 1.165) is 10.2 Å². The van der Waals surface area contributed by atoms with Crippen LogP contribution in [0.3, 0.4) is 0 Å². The zero-order valence-corrected chi connectivity index (χ0v) is 17.4. The monoisotopic (exact) mass is 407 g/mol. The van der Waals surface area contributed by atoms with E-state index in [1.807, 2.05) is 6.08 Å². The lowest BCUT2D eigenvalue weighted by atomic mass is 10.2. The first-order valence-corrected chi connectivity index (χ1v) is 9.44. The summed E-state index contributed by atoms with van der Waals surface area (Å²) in [4.78, 5) is 23.8. The Balaban J connectivity index is 2.15. The number of benzene rings is 1. The van der Waals surface area contributed by atoms with Crippen LogP contribution < -0.4 is 14.9 Å². The van der Waals surface area contributed by atoms with Crippen LogP contribution in [0.5, 0.6) is 5.75 Å². The van der Waals surface area contributed by atoms with Gasteiger partial charge in [0.25, 0.3) is 0 Å². The Hall–Kier alpha value is -2.81. The van der Waals surface area contributed by atoms with Crippen molar-refractivity contribution in [2.75, 3.05) is 20.8 Å². The van der Waals surface area contributed by atoms with Crippen LogP contribution in [0.15, 0.2) is 24.3 Å². The third-order valence-electron chi connectivity index (χ3n) is 3.62. The highest BCUT2D eigenvalue weighted by molar-refractivity contribution is 7.16. The van der Waals surface area contributed by atoms with Crippen LogP contribution in [0, 0.1) is 5.41 Å². The minimum atomic E-state index is -0.543. The van der Waals surface area contributed by atoms with E-state index in [9.17, 15) is 9.59 Å². The summed E-state index contributed by atoms with van der Waals surface area (Å²) in [5.74, 6) is 0.0349. The van der Waals surface area contributed by atoms with Crippen LogP contribution in [-0.2, 0) is 16.0 Å². The predicted octanol–water partition coefficient (Wildman–Crippen LogP) is 3.06. The largest absolute Gasteiger partial charge is 0.494 e. The molecule has 1 amide bonds. The van der Waals surface area contributed by atoms with E-state index in [0.29, 0.717) is 29.2 Å². The number of allylic oxidation sites excluding steroid dienone is 1. The number of esters is 1. The number of amides is 1. The molecule has 0 aliphatic heterocycles. The SMILES string of the molecule is COC(=O)c1cc(OC)c2c(c1)sc(=N)n2C/C=C/CNC(=O)OC(C)(C)C. The molecule has 1 aromatic carbocycles. The molecular formula is C19H25N3O5S. The zero-order valence-electron chi connectivity index (χ0n) is 16.6. The fourth-order valence-corrected chi connectivity index (χ4v) is 3.45. The molecule has 2 aromatic rings. The van der Waals surface area contributed by atoms with Gasteiger partial charge >= 0.3 is 12.1 Å².